The molecule has 0 aromatic heterocycles. The molecule has 0 saturated carbocycles. The zero-order valence-electron chi connectivity index (χ0n) is 14.5. The van der Waals surface area contributed by atoms with E-state index in [0.717, 1.165) is 11.1 Å². The first-order chi connectivity index (χ1) is 11.1. The van der Waals surface area contributed by atoms with Gasteiger partial charge in [-0.25, -0.2) is 0 Å². The normalized spacial score (nSPS) is 10.2. The van der Waals surface area contributed by atoms with Gasteiger partial charge in [-0.1, -0.05) is 12.1 Å². The van der Waals surface area contributed by atoms with E-state index in [2.05, 4.69) is 0 Å². The molecule has 0 radical (unpaired) electrons. The van der Waals surface area contributed by atoms with Crippen LogP contribution in [0.2, 0.25) is 0 Å². The predicted molar refractivity (Wildman–Crippen MR) is 91.4 cm³/mol. The Balaban J connectivity index is 0.00000288. The molecule has 0 heterocycles. The van der Waals surface area contributed by atoms with Crippen molar-refractivity contribution < 1.29 is 42.6 Å². The summed E-state index contributed by atoms with van der Waals surface area (Å²) in [7, 11) is 6.14. The van der Waals surface area contributed by atoms with E-state index >= 15 is 0 Å². The number of benzene rings is 2. The number of carbonyl (C=O) groups is 1. The molecule has 122 valence electrons. The van der Waals surface area contributed by atoms with Crippen LogP contribution in [0.3, 0.4) is 0 Å². The van der Waals surface area contributed by atoms with Crippen LogP contribution >= 0.6 is 8.58 Å². The maximum Gasteiger partial charge on any atom is 1.00 e. The van der Waals surface area contributed by atoms with Gasteiger partial charge in [-0.05, 0) is 26.0 Å². The molecule has 0 amide bonds. The first kappa shape index (κ1) is 20.4. The second kappa shape index (κ2) is 9.59. The van der Waals surface area contributed by atoms with E-state index in [-0.39, 0.29) is 33.0 Å². The first-order valence-electron chi connectivity index (χ1n) is 6.88. The van der Waals surface area contributed by atoms with Gasteiger partial charge in [0, 0.05) is 12.1 Å². The molecule has 2 rings (SSSR count). The number of ether oxygens (including phenoxy) is 4. The van der Waals surface area contributed by atoms with Crippen LogP contribution in [0.1, 0.15) is 10.4 Å². The molecular weight excluding hydrogens is 322 g/mol. The van der Waals surface area contributed by atoms with Gasteiger partial charge < -0.3 is 18.9 Å². The fourth-order valence-corrected chi connectivity index (χ4v) is 3.06. The monoisotopic (exact) mass is 341 g/mol. The molecule has 0 fully saturated rings. The van der Waals surface area contributed by atoms with Crippen molar-refractivity contribution in [2.24, 2.45) is 0 Å². The van der Waals surface area contributed by atoms with Gasteiger partial charge in [0.1, 0.15) is 28.6 Å². The maximum atomic E-state index is 12.7. The van der Waals surface area contributed by atoms with Crippen LogP contribution in [0, 0.1) is 0 Å². The largest absolute Gasteiger partial charge is 1.00 e. The van der Waals surface area contributed by atoms with Gasteiger partial charge in [0.15, 0.2) is 5.52 Å². The number of methoxy groups -OCH3 is 4. The minimum Gasteiger partial charge on any atom is -0.497 e. The molecule has 2 aromatic rings. The summed E-state index contributed by atoms with van der Waals surface area (Å²) in [5.41, 5.74) is 0.358. The van der Waals surface area contributed by atoms with E-state index < -0.39 is 0 Å². The zero-order chi connectivity index (χ0) is 16.8. The zero-order valence-corrected chi connectivity index (χ0v) is 15.5. The van der Waals surface area contributed by atoms with Gasteiger partial charge in [0.2, 0.25) is 0 Å². The topological polar surface area (TPSA) is 54.0 Å². The van der Waals surface area contributed by atoms with E-state index in [4.69, 9.17) is 18.9 Å². The summed E-state index contributed by atoms with van der Waals surface area (Å²) in [4.78, 5) is 12.7. The van der Waals surface area contributed by atoms with E-state index in [9.17, 15) is 4.79 Å². The number of carbonyl (C=O) groups excluding carboxylic acids is 1. The summed E-state index contributed by atoms with van der Waals surface area (Å²) in [5.74, 6) is 2.20. The Labute approximate surface area is 155 Å². The molecule has 7 heteroatoms. The second-order valence-corrected chi connectivity index (χ2v) is 5.87. The van der Waals surface area contributed by atoms with Gasteiger partial charge in [0.05, 0.1) is 28.4 Å². The Hall–Kier alpha value is -1.66. The third-order valence-electron chi connectivity index (χ3n) is 3.29. The van der Waals surface area contributed by atoms with Crippen LogP contribution in [0.25, 0.3) is 0 Å². The fraction of sp³-hybridized carbons (Fsp3) is 0.235. The molecule has 0 saturated heterocycles. The predicted octanol–water partition coefficient (Wildman–Crippen LogP) is -0.131. The molecule has 0 N–H and O–H groups in total. The number of rotatable bonds is 7. The van der Waals surface area contributed by atoms with Gasteiger partial charge in [0.25, 0.3) is 0 Å². The first-order valence-corrected chi connectivity index (χ1v) is 7.88. The third-order valence-corrected chi connectivity index (χ3v) is 4.39. The Kier molecular flexibility index (Phi) is 8.14. The van der Waals surface area contributed by atoms with E-state index in [1.54, 1.807) is 26.4 Å². The Morgan fingerprint density at radius 2 is 1.29 bits per heavy atom. The Bertz CT molecular complexity index is 663. The maximum absolute atomic E-state index is 12.7. The standard InChI is InChI=1S/C17H19O5P.Li/c1-19-11-5-7-13(8-6-11)23-17(18)16-14(21-3)9-12(20-2)10-15(16)22-4;/h5-10,23H,1-4H3;/q;+1. The molecule has 5 nitrogen and oxygen atoms in total. The molecular formula is C17H19LiO5P+. The van der Waals surface area contributed by atoms with E-state index in [1.165, 1.54) is 14.2 Å². The summed E-state index contributed by atoms with van der Waals surface area (Å²) < 4.78 is 21.0. The number of hydrogen-bond donors (Lipinski definition) is 0. The SMILES string of the molecule is COc1ccc(PC(=O)c2c(OC)cc(OC)cc2OC)cc1.[Li+]. The molecule has 2 aromatic carbocycles. The summed E-state index contributed by atoms with van der Waals surface area (Å²) in [6.45, 7) is 0. The summed E-state index contributed by atoms with van der Waals surface area (Å²) in [6.07, 6.45) is 0. The van der Waals surface area contributed by atoms with Crippen LogP contribution in [-0.4, -0.2) is 34.0 Å². The van der Waals surface area contributed by atoms with Crippen LogP contribution in [0.4, 0.5) is 0 Å². The van der Waals surface area contributed by atoms with Crippen molar-refractivity contribution in [3.63, 3.8) is 0 Å². The van der Waals surface area contributed by atoms with Crippen molar-refractivity contribution in [3.8, 4) is 23.0 Å². The summed E-state index contributed by atoms with van der Waals surface area (Å²) in [5, 5.41) is 0.913. The molecule has 24 heavy (non-hydrogen) atoms. The van der Waals surface area contributed by atoms with Gasteiger partial charge in [-0.15, -0.1) is 0 Å². The second-order valence-electron chi connectivity index (χ2n) is 4.59. The van der Waals surface area contributed by atoms with Crippen LogP contribution < -0.4 is 43.1 Å². The van der Waals surface area contributed by atoms with Crippen molar-refractivity contribution in [3.05, 3.63) is 42.0 Å². The molecule has 1 unspecified atom stereocenters. The number of hydrogen-bond acceptors (Lipinski definition) is 5. The van der Waals surface area contributed by atoms with Crippen molar-refractivity contribution in [1.82, 2.24) is 0 Å². The minimum atomic E-state index is -0.0634. The minimum absolute atomic E-state index is 0. The van der Waals surface area contributed by atoms with Crippen LogP contribution in [0.15, 0.2) is 36.4 Å². The van der Waals surface area contributed by atoms with Crippen LogP contribution in [-0.2, 0) is 0 Å². The van der Waals surface area contributed by atoms with Crippen LogP contribution in [0.5, 0.6) is 23.0 Å². The molecule has 0 aliphatic heterocycles. The Morgan fingerprint density at radius 1 is 0.792 bits per heavy atom. The van der Waals surface area contributed by atoms with E-state index in [0.29, 0.717) is 22.8 Å². The Morgan fingerprint density at radius 3 is 1.71 bits per heavy atom. The fourth-order valence-electron chi connectivity index (χ4n) is 2.10. The molecule has 0 aliphatic rings. The van der Waals surface area contributed by atoms with E-state index in [1.807, 2.05) is 24.3 Å². The average molecular weight is 341 g/mol. The molecule has 1 atom stereocenters. The van der Waals surface area contributed by atoms with Gasteiger partial charge >= 0.3 is 18.9 Å². The average Bonchev–Trinajstić information content (AvgIpc) is 2.60. The molecule has 0 aliphatic carbocycles. The third kappa shape index (κ3) is 4.67. The smallest absolute Gasteiger partial charge is 0.497 e. The molecule has 0 spiro atoms. The van der Waals surface area contributed by atoms with Crippen molar-refractivity contribution >= 4 is 19.4 Å². The quantitative estimate of drug-likeness (QED) is 0.519. The van der Waals surface area contributed by atoms with Gasteiger partial charge in [-0.3, -0.25) is 4.79 Å². The van der Waals surface area contributed by atoms with Crippen molar-refractivity contribution in [2.75, 3.05) is 28.4 Å². The van der Waals surface area contributed by atoms with Crippen molar-refractivity contribution in [2.45, 2.75) is 0 Å². The van der Waals surface area contributed by atoms with Gasteiger partial charge in [-0.2, -0.15) is 0 Å². The summed E-state index contributed by atoms with van der Waals surface area (Å²) in [6, 6.07) is 10.8. The molecule has 0 bridgehead atoms. The summed E-state index contributed by atoms with van der Waals surface area (Å²) >= 11 is 0. The van der Waals surface area contributed by atoms with Crippen molar-refractivity contribution in [1.29, 1.82) is 0 Å².